The van der Waals surface area contributed by atoms with Gasteiger partial charge in [0.1, 0.15) is 5.82 Å². The fraction of sp³-hybridized carbons (Fsp3) is 0.714. The summed E-state index contributed by atoms with van der Waals surface area (Å²) in [5, 5.41) is 6.80. The number of rotatable bonds is 9. The van der Waals surface area contributed by atoms with Gasteiger partial charge in [-0.15, -0.1) is 0 Å². The van der Waals surface area contributed by atoms with Crippen LogP contribution in [0.2, 0.25) is 0 Å². The summed E-state index contributed by atoms with van der Waals surface area (Å²) in [5.74, 6) is 2.76. The molecule has 1 fully saturated rings. The number of guanidine groups is 1. The summed E-state index contributed by atoms with van der Waals surface area (Å²) in [4.78, 5) is 14.0. The highest BCUT2D eigenvalue weighted by Crippen LogP contribution is 2.15. The van der Waals surface area contributed by atoms with Gasteiger partial charge in [-0.05, 0) is 44.0 Å². The Bertz CT molecular complexity index is 564. The molecule has 0 aliphatic carbocycles. The molecule has 0 aromatic carbocycles. The summed E-state index contributed by atoms with van der Waals surface area (Å²) in [7, 11) is 2.17. The molecule has 2 N–H and O–H groups in total. The average Bonchev–Trinajstić information content (AvgIpc) is 2.66. The van der Waals surface area contributed by atoms with E-state index < -0.39 is 0 Å². The maximum Gasteiger partial charge on any atom is 0.191 e. The third kappa shape index (κ3) is 8.16. The number of pyridine rings is 1. The molecule has 6 nitrogen and oxygen atoms in total. The van der Waals surface area contributed by atoms with Crippen LogP contribution in [-0.2, 0) is 6.54 Å². The van der Waals surface area contributed by atoms with Gasteiger partial charge in [-0.25, -0.2) is 9.98 Å². The normalized spacial score (nSPS) is 16.0. The van der Waals surface area contributed by atoms with Crippen LogP contribution >= 0.6 is 0 Å². The van der Waals surface area contributed by atoms with Crippen molar-refractivity contribution >= 4 is 11.8 Å². The smallest absolute Gasteiger partial charge is 0.191 e. The maximum absolute atomic E-state index is 4.75. The number of hydrogen-bond acceptors (Lipinski definition) is 4. The summed E-state index contributed by atoms with van der Waals surface area (Å²) in [5.41, 5.74) is 1.20. The van der Waals surface area contributed by atoms with Crippen LogP contribution in [0.25, 0.3) is 0 Å². The van der Waals surface area contributed by atoms with Crippen molar-refractivity contribution in [1.29, 1.82) is 0 Å². The lowest BCUT2D eigenvalue weighted by Crippen LogP contribution is -2.44. The number of piperazine rings is 1. The number of aliphatic imine (C=N–C) groups is 1. The predicted octanol–water partition coefficient (Wildman–Crippen LogP) is 2.71. The van der Waals surface area contributed by atoms with Crippen LogP contribution < -0.4 is 15.5 Å². The van der Waals surface area contributed by atoms with Crippen molar-refractivity contribution in [3.8, 4) is 0 Å². The van der Waals surface area contributed by atoms with E-state index in [0.717, 1.165) is 57.0 Å². The van der Waals surface area contributed by atoms with Gasteiger partial charge < -0.3 is 20.4 Å². The zero-order chi connectivity index (χ0) is 19.5. The average molecular weight is 375 g/mol. The molecular formula is C21H38N6. The van der Waals surface area contributed by atoms with Crippen molar-refractivity contribution in [3.05, 3.63) is 23.9 Å². The van der Waals surface area contributed by atoms with Crippen molar-refractivity contribution in [2.24, 2.45) is 10.9 Å². The van der Waals surface area contributed by atoms with Crippen LogP contribution in [0.1, 0.15) is 45.6 Å². The number of nitrogens with zero attached hydrogens (tertiary/aromatic N) is 4. The molecule has 0 radical (unpaired) electrons. The first-order valence-corrected chi connectivity index (χ1v) is 10.5. The fourth-order valence-corrected chi connectivity index (χ4v) is 3.16. The first kappa shape index (κ1) is 21.5. The first-order chi connectivity index (χ1) is 13.1. The predicted molar refractivity (Wildman–Crippen MR) is 115 cm³/mol. The third-order valence-electron chi connectivity index (χ3n) is 4.90. The van der Waals surface area contributed by atoms with Gasteiger partial charge in [0.05, 0.1) is 6.54 Å². The molecule has 1 aliphatic rings. The molecule has 0 atom stereocenters. The Morgan fingerprint density at radius 2 is 1.96 bits per heavy atom. The van der Waals surface area contributed by atoms with Gasteiger partial charge >= 0.3 is 0 Å². The Kier molecular flexibility index (Phi) is 9.39. The number of aromatic nitrogens is 1. The highest BCUT2D eigenvalue weighted by atomic mass is 15.3. The molecule has 1 aromatic rings. The number of hydrogen-bond donors (Lipinski definition) is 2. The second kappa shape index (κ2) is 11.8. The van der Waals surface area contributed by atoms with Gasteiger partial charge in [0.2, 0.25) is 0 Å². The second-order valence-electron chi connectivity index (χ2n) is 7.82. The molecular weight excluding hydrogens is 336 g/mol. The SMILES string of the molecule is CCNC(=NCc1ccnc(N2CCN(C)CC2)c1)NCCCCC(C)C. The monoisotopic (exact) mass is 374 g/mol. The Balaban J connectivity index is 1.86. The van der Waals surface area contributed by atoms with E-state index in [9.17, 15) is 0 Å². The number of likely N-dealkylation sites (N-methyl/N-ethyl adjacent to an activating group) is 1. The maximum atomic E-state index is 4.75. The molecule has 0 saturated carbocycles. The van der Waals surface area contributed by atoms with E-state index in [0.29, 0.717) is 6.54 Å². The summed E-state index contributed by atoms with van der Waals surface area (Å²) in [6, 6.07) is 4.25. The van der Waals surface area contributed by atoms with Gasteiger partial charge in [-0.2, -0.15) is 0 Å². The van der Waals surface area contributed by atoms with Crippen molar-refractivity contribution in [1.82, 2.24) is 20.5 Å². The quantitative estimate of drug-likeness (QED) is 0.395. The van der Waals surface area contributed by atoms with Crippen molar-refractivity contribution < 1.29 is 0 Å². The molecule has 1 aromatic heterocycles. The van der Waals surface area contributed by atoms with Crippen molar-refractivity contribution in [2.45, 2.75) is 46.6 Å². The van der Waals surface area contributed by atoms with E-state index in [1.807, 2.05) is 6.20 Å². The molecule has 2 heterocycles. The Hall–Kier alpha value is -1.82. The summed E-state index contributed by atoms with van der Waals surface area (Å²) >= 11 is 0. The summed E-state index contributed by atoms with van der Waals surface area (Å²) < 4.78 is 0. The van der Waals surface area contributed by atoms with Gasteiger partial charge in [0, 0.05) is 45.5 Å². The van der Waals surface area contributed by atoms with E-state index in [-0.39, 0.29) is 0 Å². The minimum absolute atomic E-state index is 0.671. The third-order valence-corrected chi connectivity index (χ3v) is 4.90. The van der Waals surface area contributed by atoms with Crippen LogP contribution in [0.15, 0.2) is 23.3 Å². The number of anilines is 1. The molecule has 0 unspecified atom stereocenters. The molecule has 1 saturated heterocycles. The van der Waals surface area contributed by atoms with E-state index in [4.69, 9.17) is 4.99 Å². The van der Waals surface area contributed by atoms with Crippen LogP contribution in [0.5, 0.6) is 0 Å². The van der Waals surface area contributed by atoms with Gasteiger partial charge in [-0.3, -0.25) is 0 Å². The molecule has 152 valence electrons. The number of nitrogens with one attached hydrogen (secondary N) is 2. The highest BCUT2D eigenvalue weighted by molar-refractivity contribution is 5.79. The van der Waals surface area contributed by atoms with Crippen LogP contribution in [-0.4, -0.2) is 62.2 Å². The Labute approximate surface area is 165 Å². The van der Waals surface area contributed by atoms with Crippen molar-refractivity contribution in [2.75, 3.05) is 51.2 Å². The largest absolute Gasteiger partial charge is 0.357 e. The van der Waals surface area contributed by atoms with E-state index in [2.05, 4.69) is 65.4 Å². The minimum Gasteiger partial charge on any atom is -0.357 e. The molecule has 6 heteroatoms. The lowest BCUT2D eigenvalue weighted by molar-refractivity contribution is 0.312. The Morgan fingerprint density at radius 1 is 1.19 bits per heavy atom. The second-order valence-corrected chi connectivity index (χ2v) is 7.82. The van der Waals surface area contributed by atoms with Crippen LogP contribution in [0.4, 0.5) is 5.82 Å². The Morgan fingerprint density at radius 3 is 2.67 bits per heavy atom. The number of unbranched alkanes of at least 4 members (excludes halogenated alkanes) is 1. The molecule has 1 aliphatic heterocycles. The van der Waals surface area contributed by atoms with Crippen molar-refractivity contribution in [3.63, 3.8) is 0 Å². The fourth-order valence-electron chi connectivity index (χ4n) is 3.16. The summed E-state index contributed by atoms with van der Waals surface area (Å²) in [6.07, 6.45) is 5.65. The topological polar surface area (TPSA) is 55.8 Å². The molecule has 0 bridgehead atoms. The summed E-state index contributed by atoms with van der Waals surface area (Å²) in [6.45, 7) is 13.5. The van der Waals surface area contributed by atoms with Crippen LogP contribution in [0.3, 0.4) is 0 Å². The van der Waals surface area contributed by atoms with E-state index in [1.165, 1.54) is 24.8 Å². The zero-order valence-corrected chi connectivity index (χ0v) is 17.7. The lowest BCUT2D eigenvalue weighted by Gasteiger charge is -2.33. The zero-order valence-electron chi connectivity index (χ0n) is 17.7. The first-order valence-electron chi connectivity index (χ1n) is 10.5. The highest BCUT2D eigenvalue weighted by Gasteiger charge is 2.15. The van der Waals surface area contributed by atoms with E-state index in [1.54, 1.807) is 0 Å². The van der Waals surface area contributed by atoms with Gasteiger partial charge in [0.25, 0.3) is 0 Å². The molecule has 27 heavy (non-hydrogen) atoms. The van der Waals surface area contributed by atoms with Crippen LogP contribution in [0, 0.1) is 5.92 Å². The van der Waals surface area contributed by atoms with Gasteiger partial charge in [0.15, 0.2) is 5.96 Å². The molecule has 0 amide bonds. The minimum atomic E-state index is 0.671. The molecule has 0 spiro atoms. The standard InChI is InChI=1S/C21H38N6/c1-5-22-21(24-10-7-6-8-18(2)3)25-17-19-9-11-23-20(16-19)27-14-12-26(4)13-15-27/h9,11,16,18H,5-8,10,12-15,17H2,1-4H3,(H2,22,24,25). The lowest BCUT2D eigenvalue weighted by atomic mass is 10.1. The van der Waals surface area contributed by atoms with Gasteiger partial charge in [-0.1, -0.05) is 26.7 Å². The molecule has 2 rings (SSSR count). The van der Waals surface area contributed by atoms with E-state index >= 15 is 0 Å².